The highest BCUT2D eigenvalue weighted by molar-refractivity contribution is 6.11. The third kappa shape index (κ3) is 3.49. The molecule has 162 valence electrons. The summed E-state index contributed by atoms with van der Waals surface area (Å²) in [4.78, 5) is 15.8. The van der Waals surface area contributed by atoms with Crippen LogP contribution in [0.2, 0.25) is 0 Å². The van der Waals surface area contributed by atoms with Crippen LogP contribution in [-0.4, -0.2) is 40.4 Å². The van der Waals surface area contributed by atoms with Crippen LogP contribution in [0.25, 0.3) is 0 Å². The second-order valence-corrected chi connectivity index (χ2v) is 8.48. The van der Waals surface area contributed by atoms with Crippen LogP contribution < -0.4 is 16.9 Å². The zero-order valence-corrected chi connectivity index (χ0v) is 17.9. The Labute approximate surface area is 181 Å². The fraction of sp³-hybridized carbons (Fsp3) is 0.409. The maximum atomic E-state index is 6.09. The summed E-state index contributed by atoms with van der Waals surface area (Å²) in [7, 11) is 0. The molecule has 2 unspecified atom stereocenters. The molecule has 1 aromatic carbocycles. The first-order chi connectivity index (χ1) is 14.9. The highest BCUT2D eigenvalue weighted by Gasteiger charge is 2.48. The molecule has 2 atom stereocenters. The lowest BCUT2D eigenvalue weighted by Gasteiger charge is -2.33. The molecule has 0 amide bonds. The van der Waals surface area contributed by atoms with E-state index in [9.17, 15) is 0 Å². The first kappa shape index (κ1) is 19.8. The number of rotatable bonds is 5. The van der Waals surface area contributed by atoms with Gasteiger partial charge in [0.25, 0.3) is 0 Å². The zero-order valence-electron chi connectivity index (χ0n) is 17.9. The number of aliphatic imine (C=N–C) groups is 3. The molecular formula is C22H28N8O. The number of nitrogens with two attached hydrogens (primary N) is 2. The maximum Gasteiger partial charge on any atom is 0.248 e. The minimum absolute atomic E-state index is 0.0991. The van der Waals surface area contributed by atoms with Gasteiger partial charge < -0.3 is 15.9 Å². The summed E-state index contributed by atoms with van der Waals surface area (Å²) in [5.74, 6) is 1.44. The summed E-state index contributed by atoms with van der Waals surface area (Å²) in [6.45, 7) is 6.35. The van der Waals surface area contributed by atoms with Crippen molar-refractivity contribution in [2.75, 3.05) is 6.54 Å². The summed E-state index contributed by atoms with van der Waals surface area (Å²) in [6, 6.07) is 10.6. The molecule has 0 bridgehead atoms. The van der Waals surface area contributed by atoms with E-state index in [1.807, 2.05) is 12.1 Å². The van der Waals surface area contributed by atoms with Crippen molar-refractivity contribution in [3.05, 3.63) is 59.0 Å². The van der Waals surface area contributed by atoms with Crippen molar-refractivity contribution in [3.63, 3.8) is 0 Å². The summed E-state index contributed by atoms with van der Waals surface area (Å²) < 4.78 is 5.82. The number of fused-ring (bicyclic) bond motifs is 1. The first-order valence-corrected chi connectivity index (χ1v) is 10.6. The molecule has 3 aliphatic rings. The Hall–Kier alpha value is -3.17. The van der Waals surface area contributed by atoms with Gasteiger partial charge in [-0.15, -0.1) is 0 Å². The summed E-state index contributed by atoms with van der Waals surface area (Å²) in [6.07, 6.45) is 4.62. The molecule has 5 rings (SSSR count). The number of hydrogen-bond acceptors (Lipinski definition) is 9. The molecule has 2 aromatic rings. The van der Waals surface area contributed by atoms with Crippen LogP contribution >= 0.6 is 0 Å². The van der Waals surface area contributed by atoms with Crippen LogP contribution in [0.15, 0.2) is 56.0 Å². The van der Waals surface area contributed by atoms with E-state index in [1.54, 1.807) is 11.3 Å². The SMILES string of the molecule is Cc1cccc(C)c1CN1CCCC1CC1(c2ccco2)N=C2N=C(N)N=C(N)N2N1. The zero-order chi connectivity index (χ0) is 21.6. The number of benzene rings is 1. The lowest BCUT2D eigenvalue weighted by molar-refractivity contribution is 0.147. The van der Waals surface area contributed by atoms with E-state index < -0.39 is 5.66 Å². The number of nitrogens with one attached hydrogen (secondary N) is 1. The lowest BCUT2D eigenvalue weighted by Crippen LogP contribution is -2.55. The van der Waals surface area contributed by atoms with Gasteiger partial charge in [0.1, 0.15) is 5.76 Å². The van der Waals surface area contributed by atoms with Crippen molar-refractivity contribution < 1.29 is 4.42 Å². The van der Waals surface area contributed by atoms with Crippen LogP contribution in [0.5, 0.6) is 0 Å². The van der Waals surface area contributed by atoms with Gasteiger partial charge in [0.05, 0.1) is 6.26 Å². The Kier molecular flexibility index (Phi) is 4.79. The van der Waals surface area contributed by atoms with E-state index in [0.29, 0.717) is 18.4 Å². The molecular weight excluding hydrogens is 392 g/mol. The third-order valence-corrected chi connectivity index (χ3v) is 6.42. The molecule has 1 saturated heterocycles. The molecule has 3 aliphatic heterocycles. The molecule has 0 aliphatic carbocycles. The minimum Gasteiger partial charge on any atom is -0.465 e. The molecule has 0 saturated carbocycles. The fourth-order valence-corrected chi connectivity index (χ4v) is 4.80. The van der Waals surface area contributed by atoms with Crippen LogP contribution in [0.3, 0.4) is 0 Å². The third-order valence-electron chi connectivity index (χ3n) is 6.42. The molecule has 1 aromatic heterocycles. The number of aryl methyl sites for hydroxylation is 2. The van der Waals surface area contributed by atoms with Crippen molar-refractivity contribution in [3.8, 4) is 0 Å². The molecule has 9 heteroatoms. The highest BCUT2D eigenvalue weighted by atomic mass is 16.3. The molecule has 1 fully saturated rings. The predicted octanol–water partition coefficient (Wildman–Crippen LogP) is 1.92. The van der Waals surface area contributed by atoms with Crippen molar-refractivity contribution in [2.24, 2.45) is 26.4 Å². The summed E-state index contributed by atoms with van der Waals surface area (Å²) in [5.41, 5.74) is 18.5. The lowest BCUT2D eigenvalue weighted by atomic mass is 9.96. The van der Waals surface area contributed by atoms with Gasteiger partial charge in [0, 0.05) is 19.0 Å². The van der Waals surface area contributed by atoms with Gasteiger partial charge in [-0.2, -0.15) is 15.4 Å². The van der Waals surface area contributed by atoms with Crippen LogP contribution in [0.4, 0.5) is 0 Å². The van der Waals surface area contributed by atoms with E-state index in [1.165, 1.54) is 16.7 Å². The molecule has 0 spiro atoms. The Morgan fingerprint density at radius 2 is 1.97 bits per heavy atom. The topological polar surface area (TPSA) is 121 Å². The van der Waals surface area contributed by atoms with Crippen molar-refractivity contribution in [1.29, 1.82) is 0 Å². The number of hydrogen-bond donors (Lipinski definition) is 3. The van der Waals surface area contributed by atoms with E-state index >= 15 is 0 Å². The molecule has 9 nitrogen and oxygen atoms in total. The van der Waals surface area contributed by atoms with Crippen LogP contribution in [0, 0.1) is 13.8 Å². The number of furan rings is 1. The van der Waals surface area contributed by atoms with Crippen molar-refractivity contribution in [2.45, 2.75) is 51.4 Å². The second kappa shape index (κ2) is 7.51. The smallest absolute Gasteiger partial charge is 0.248 e. The van der Waals surface area contributed by atoms with Crippen molar-refractivity contribution in [1.82, 2.24) is 15.3 Å². The van der Waals surface area contributed by atoms with E-state index in [4.69, 9.17) is 20.9 Å². The summed E-state index contributed by atoms with van der Waals surface area (Å²) >= 11 is 0. The minimum atomic E-state index is -0.818. The van der Waals surface area contributed by atoms with Gasteiger partial charge in [0.2, 0.25) is 17.9 Å². The Morgan fingerprint density at radius 3 is 2.71 bits per heavy atom. The number of guanidine groups is 3. The molecule has 0 radical (unpaired) electrons. The first-order valence-electron chi connectivity index (χ1n) is 10.6. The normalized spacial score (nSPS) is 25.9. The Morgan fingerprint density at radius 1 is 1.16 bits per heavy atom. The van der Waals surface area contributed by atoms with E-state index in [0.717, 1.165) is 31.7 Å². The van der Waals surface area contributed by atoms with E-state index in [-0.39, 0.29) is 11.9 Å². The van der Waals surface area contributed by atoms with Gasteiger partial charge in [-0.1, -0.05) is 18.2 Å². The average molecular weight is 421 g/mol. The van der Waals surface area contributed by atoms with Gasteiger partial charge in [-0.05, 0) is 62.1 Å². The second-order valence-electron chi connectivity index (χ2n) is 8.48. The highest BCUT2D eigenvalue weighted by Crippen LogP contribution is 2.38. The molecule has 5 N–H and O–H groups in total. The predicted molar refractivity (Wildman–Crippen MR) is 120 cm³/mol. The number of nitrogens with zero attached hydrogens (tertiary/aromatic N) is 5. The maximum absolute atomic E-state index is 6.09. The monoisotopic (exact) mass is 420 g/mol. The Bertz CT molecular complexity index is 1050. The summed E-state index contributed by atoms with van der Waals surface area (Å²) in [5, 5.41) is 1.59. The number of hydrazine groups is 1. The van der Waals surface area contributed by atoms with Gasteiger partial charge in [-0.25, -0.2) is 10.0 Å². The molecule has 4 heterocycles. The molecule has 31 heavy (non-hydrogen) atoms. The fourth-order valence-electron chi connectivity index (χ4n) is 4.80. The number of likely N-dealkylation sites (tertiary alicyclic amines) is 1. The van der Waals surface area contributed by atoms with Gasteiger partial charge in [0.15, 0.2) is 5.66 Å². The average Bonchev–Trinajstić information content (AvgIpc) is 3.46. The largest absolute Gasteiger partial charge is 0.465 e. The van der Waals surface area contributed by atoms with E-state index in [2.05, 4.69) is 52.4 Å². The van der Waals surface area contributed by atoms with Gasteiger partial charge >= 0.3 is 0 Å². The van der Waals surface area contributed by atoms with Crippen molar-refractivity contribution >= 4 is 17.9 Å². The Balaban J connectivity index is 1.45. The van der Waals surface area contributed by atoms with Crippen LogP contribution in [0.1, 0.15) is 41.7 Å². The quantitative estimate of drug-likeness (QED) is 0.680. The van der Waals surface area contributed by atoms with Gasteiger partial charge in [-0.3, -0.25) is 4.90 Å². The van der Waals surface area contributed by atoms with Crippen LogP contribution in [-0.2, 0) is 12.2 Å². The standard InChI is InChI=1S/C22H28N8O/c1-14-6-3-7-15(2)17(14)13-29-10-4-8-16(29)12-22(18-9-5-11-31-18)27-21-26-19(23)25-20(24)30(21)28-22/h3,5-7,9,11,16,28H,4,8,10,12-13H2,1-2H3,(H4,23,24,25,26,27).